The van der Waals surface area contributed by atoms with Gasteiger partial charge < -0.3 is 5.11 Å². The van der Waals surface area contributed by atoms with Gasteiger partial charge in [-0.3, -0.25) is 0 Å². The van der Waals surface area contributed by atoms with Gasteiger partial charge in [-0.1, -0.05) is 12.1 Å². The standard InChI is InChI=1S/C11H8FNO2S/c1-6-3-2-4-7(9(6)12)10-13-5-8(16-10)11(14)15/h2-5H,1H3,(H,14,15). The number of benzene rings is 1. The van der Waals surface area contributed by atoms with Gasteiger partial charge in [0.2, 0.25) is 0 Å². The zero-order valence-electron chi connectivity index (χ0n) is 8.40. The summed E-state index contributed by atoms with van der Waals surface area (Å²) >= 11 is 0.966. The third-order valence-corrected chi connectivity index (χ3v) is 3.16. The molecule has 0 saturated carbocycles. The predicted octanol–water partition coefficient (Wildman–Crippen LogP) is 2.96. The number of rotatable bonds is 2. The molecular formula is C11H8FNO2S. The molecule has 0 amide bonds. The van der Waals surface area contributed by atoms with Crippen molar-refractivity contribution in [1.29, 1.82) is 0 Å². The van der Waals surface area contributed by atoms with Gasteiger partial charge >= 0.3 is 5.97 Å². The number of hydrogen-bond donors (Lipinski definition) is 1. The molecule has 2 rings (SSSR count). The monoisotopic (exact) mass is 237 g/mol. The minimum absolute atomic E-state index is 0.107. The first kappa shape index (κ1) is 10.8. The van der Waals surface area contributed by atoms with Crippen LogP contribution in [0.2, 0.25) is 0 Å². The van der Waals surface area contributed by atoms with Crippen LogP contribution in [0.15, 0.2) is 24.4 Å². The van der Waals surface area contributed by atoms with Crippen molar-refractivity contribution in [2.45, 2.75) is 6.92 Å². The van der Waals surface area contributed by atoms with Crippen LogP contribution < -0.4 is 0 Å². The van der Waals surface area contributed by atoms with Gasteiger partial charge in [0, 0.05) is 5.56 Å². The second-order valence-electron chi connectivity index (χ2n) is 3.27. The topological polar surface area (TPSA) is 50.2 Å². The molecule has 0 spiro atoms. The van der Waals surface area contributed by atoms with E-state index in [1.54, 1.807) is 25.1 Å². The first-order chi connectivity index (χ1) is 7.59. The van der Waals surface area contributed by atoms with Gasteiger partial charge in [0.15, 0.2) is 0 Å². The Bertz CT molecular complexity index is 551. The fraction of sp³-hybridized carbons (Fsp3) is 0.0909. The van der Waals surface area contributed by atoms with Crippen molar-refractivity contribution < 1.29 is 14.3 Å². The molecule has 82 valence electrons. The molecule has 0 saturated heterocycles. The maximum atomic E-state index is 13.7. The van der Waals surface area contributed by atoms with E-state index < -0.39 is 5.97 Å². The maximum Gasteiger partial charge on any atom is 0.347 e. The summed E-state index contributed by atoms with van der Waals surface area (Å²) in [4.78, 5) is 14.7. The summed E-state index contributed by atoms with van der Waals surface area (Å²) < 4.78 is 13.7. The van der Waals surface area contributed by atoms with Crippen LogP contribution in [-0.2, 0) is 0 Å². The van der Waals surface area contributed by atoms with Crippen molar-refractivity contribution in [2.24, 2.45) is 0 Å². The number of carboxylic acid groups (broad SMARTS) is 1. The normalized spacial score (nSPS) is 10.4. The SMILES string of the molecule is Cc1cccc(-c2ncc(C(=O)O)s2)c1F. The summed E-state index contributed by atoms with van der Waals surface area (Å²) in [5.74, 6) is -1.40. The number of aromatic nitrogens is 1. The molecular weight excluding hydrogens is 229 g/mol. The van der Waals surface area contributed by atoms with Crippen LogP contribution in [-0.4, -0.2) is 16.1 Å². The lowest BCUT2D eigenvalue weighted by molar-refractivity contribution is 0.0702. The Morgan fingerprint density at radius 3 is 2.88 bits per heavy atom. The van der Waals surface area contributed by atoms with Crippen molar-refractivity contribution in [3.63, 3.8) is 0 Å². The van der Waals surface area contributed by atoms with E-state index in [0.29, 0.717) is 16.1 Å². The molecule has 0 aliphatic rings. The number of halogens is 1. The van der Waals surface area contributed by atoms with Crippen molar-refractivity contribution in [3.05, 3.63) is 40.7 Å². The zero-order chi connectivity index (χ0) is 11.7. The fourth-order valence-electron chi connectivity index (χ4n) is 1.31. The smallest absolute Gasteiger partial charge is 0.347 e. The lowest BCUT2D eigenvalue weighted by Gasteiger charge is -2.00. The van der Waals surface area contributed by atoms with Gasteiger partial charge in [0.1, 0.15) is 15.7 Å². The zero-order valence-corrected chi connectivity index (χ0v) is 9.21. The lowest BCUT2D eigenvalue weighted by atomic mass is 10.1. The molecule has 3 nitrogen and oxygen atoms in total. The van der Waals surface area contributed by atoms with E-state index >= 15 is 0 Å². The van der Waals surface area contributed by atoms with E-state index in [1.165, 1.54) is 6.20 Å². The second-order valence-corrected chi connectivity index (χ2v) is 4.30. The molecule has 0 unspecified atom stereocenters. The van der Waals surface area contributed by atoms with Gasteiger partial charge in [-0.25, -0.2) is 14.2 Å². The number of hydrogen-bond acceptors (Lipinski definition) is 3. The van der Waals surface area contributed by atoms with Crippen molar-refractivity contribution in [1.82, 2.24) is 4.98 Å². The fourth-order valence-corrected chi connectivity index (χ4v) is 2.08. The van der Waals surface area contributed by atoms with Gasteiger partial charge in [-0.05, 0) is 18.6 Å². The van der Waals surface area contributed by atoms with Crippen LogP contribution in [0, 0.1) is 12.7 Å². The van der Waals surface area contributed by atoms with Crippen LogP contribution >= 0.6 is 11.3 Å². The summed E-state index contributed by atoms with van der Waals surface area (Å²) in [5, 5.41) is 9.13. The molecule has 1 N–H and O–H groups in total. The Kier molecular flexibility index (Phi) is 2.70. The molecule has 16 heavy (non-hydrogen) atoms. The van der Waals surface area contributed by atoms with Gasteiger partial charge in [-0.2, -0.15) is 0 Å². The minimum atomic E-state index is -1.04. The van der Waals surface area contributed by atoms with Crippen molar-refractivity contribution >= 4 is 17.3 Å². The molecule has 1 aromatic heterocycles. The number of nitrogens with zero attached hydrogens (tertiary/aromatic N) is 1. The molecule has 0 aliphatic heterocycles. The lowest BCUT2D eigenvalue weighted by Crippen LogP contribution is -1.89. The van der Waals surface area contributed by atoms with E-state index in [-0.39, 0.29) is 10.7 Å². The maximum absolute atomic E-state index is 13.7. The highest BCUT2D eigenvalue weighted by Crippen LogP contribution is 2.28. The number of aromatic carboxylic acids is 1. The first-order valence-corrected chi connectivity index (χ1v) is 5.36. The van der Waals surface area contributed by atoms with Crippen LogP contribution in [0.3, 0.4) is 0 Å². The summed E-state index contributed by atoms with van der Waals surface area (Å²) in [6, 6.07) is 4.97. The van der Waals surface area contributed by atoms with Gasteiger partial charge in [0.25, 0.3) is 0 Å². The Morgan fingerprint density at radius 1 is 1.50 bits per heavy atom. The number of aryl methyl sites for hydroxylation is 1. The molecule has 0 aliphatic carbocycles. The van der Waals surface area contributed by atoms with E-state index in [0.717, 1.165) is 11.3 Å². The largest absolute Gasteiger partial charge is 0.477 e. The minimum Gasteiger partial charge on any atom is -0.477 e. The Labute approximate surface area is 95.2 Å². The molecule has 0 atom stereocenters. The highest BCUT2D eigenvalue weighted by Gasteiger charge is 2.13. The van der Waals surface area contributed by atoms with Crippen LogP contribution in [0.1, 0.15) is 15.2 Å². The van der Waals surface area contributed by atoms with Crippen LogP contribution in [0.4, 0.5) is 4.39 Å². The van der Waals surface area contributed by atoms with E-state index in [2.05, 4.69) is 4.98 Å². The molecule has 2 aromatic rings. The summed E-state index contributed by atoms with van der Waals surface area (Å²) in [7, 11) is 0. The number of thiazole rings is 1. The number of carbonyl (C=O) groups is 1. The van der Waals surface area contributed by atoms with Crippen molar-refractivity contribution in [2.75, 3.05) is 0 Å². The molecule has 0 fully saturated rings. The first-order valence-electron chi connectivity index (χ1n) is 4.54. The Hall–Kier alpha value is -1.75. The van der Waals surface area contributed by atoms with E-state index in [1.807, 2.05) is 0 Å². The van der Waals surface area contributed by atoms with Crippen LogP contribution in [0.5, 0.6) is 0 Å². The quantitative estimate of drug-likeness (QED) is 0.873. The number of carboxylic acids is 1. The highest BCUT2D eigenvalue weighted by molar-refractivity contribution is 7.16. The molecule has 1 aromatic carbocycles. The average molecular weight is 237 g/mol. The Balaban J connectivity index is 2.50. The van der Waals surface area contributed by atoms with Gasteiger partial charge in [-0.15, -0.1) is 11.3 Å². The third kappa shape index (κ3) is 1.81. The molecule has 0 bridgehead atoms. The third-order valence-electron chi connectivity index (χ3n) is 2.14. The summed E-state index contributed by atoms with van der Waals surface area (Å²) in [5.41, 5.74) is 0.863. The summed E-state index contributed by atoms with van der Waals surface area (Å²) in [6.45, 7) is 1.66. The van der Waals surface area contributed by atoms with Gasteiger partial charge in [0.05, 0.1) is 6.20 Å². The predicted molar refractivity (Wildman–Crippen MR) is 59.2 cm³/mol. The van der Waals surface area contributed by atoms with Crippen molar-refractivity contribution in [3.8, 4) is 10.6 Å². The molecule has 1 heterocycles. The van der Waals surface area contributed by atoms with E-state index in [4.69, 9.17) is 5.11 Å². The average Bonchev–Trinajstić information content (AvgIpc) is 2.71. The highest BCUT2D eigenvalue weighted by atomic mass is 32.1. The second kappa shape index (κ2) is 4.02. The summed E-state index contributed by atoms with van der Waals surface area (Å²) in [6.07, 6.45) is 1.24. The Morgan fingerprint density at radius 2 is 2.25 bits per heavy atom. The van der Waals surface area contributed by atoms with E-state index in [9.17, 15) is 9.18 Å². The van der Waals surface area contributed by atoms with Crippen LogP contribution in [0.25, 0.3) is 10.6 Å². The molecule has 0 radical (unpaired) electrons. The molecule has 5 heteroatoms.